The third-order valence-electron chi connectivity index (χ3n) is 5.37. The molecule has 1 N–H and O–H groups in total. The molecule has 1 saturated heterocycles. The minimum atomic E-state index is 0.521. The molecule has 4 atom stereocenters. The number of hydrogen-bond acceptors (Lipinski definition) is 1. The van der Waals surface area contributed by atoms with Gasteiger partial charge in [0.25, 0.3) is 0 Å². The molecule has 1 saturated carbocycles. The first-order valence-corrected chi connectivity index (χ1v) is 8.28. The van der Waals surface area contributed by atoms with Crippen molar-refractivity contribution in [2.75, 3.05) is 0 Å². The quantitative estimate of drug-likeness (QED) is 0.825. The van der Waals surface area contributed by atoms with Crippen molar-refractivity contribution in [2.24, 2.45) is 11.8 Å². The third kappa shape index (κ3) is 2.51. The van der Waals surface area contributed by atoms with Crippen molar-refractivity contribution in [2.45, 2.75) is 37.8 Å². The maximum absolute atomic E-state index is 3.99. The summed E-state index contributed by atoms with van der Waals surface area (Å²) in [5, 5.41) is 3.99. The number of nitrogens with one attached hydrogen (secondary N) is 1. The van der Waals surface area contributed by atoms with E-state index < -0.39 is 0 Å². The van der Waals surface area contributed by atoms with Gasteiger partial charge in [-0.25, -0.2) is 0 Å². The summed E-state index contributed by atoms with van der Waals surface area (Å²) in [6, 6.07) is 23.1. The first kappa shape index (κ1) is 13.1. The Morgan fingerprint density at radius 2 is 1.14 bits per heavy atom. The second-order valence-corrected chi connectivity index (χ2v) is 6.63. The van der Waals surface area contributed by atoms with E-state index in [-0.39, 0.29) is 0 Å². The molecule has 108 valence electrons. The lowest BCUT2D eigenvalue weighted by atomic mass is 9.68. The van der Waals surface area contributed by atoms with Gasteiger partial charge in [-0.05, 0) is 42.2 Å². The standard InChI is InChI=1S/C20H23N/c1-3-8-15(9-4-1)19-17-12-7-13-18(14-17)20(21-19)16-10-5-2-6-11-16/h1-6,8-11,17-21H,7,12-14H2/t17-,18+,19-,20+. The second kappa shape index (κ2) is 5.65. The highest BCUT2D eigenvalue weighted by molar-refractivity contribution is 5.26. The minimum absolute atomic E-state index is 0.521. The number of benzene rings is 2. The molecule has 0 aromatic heterocycles. The van der Waals surface area contributed by atoms with Gasteiger partial charge in [0.05, 0.1) is 0 Å². The molecule has 2 bridgehead atoms. The van der Waals surface area contributed by atoms with Crippen LogP contribution in [0.15, 0.2) is 60.7 Å². The van der Waals surface area contributed by atoms with Crippen LogP contribution in [0.1, 0.15) is 48.9 Å². The van der Waals surface area contributed by atoms with Crippen molar-refractivity contribution in [1.82, 2.24) is 5.32 Å². The van der Waals surface area contributed by atoms with Crippen LogP contribution in [0.4, 0.5) is 0 Å². The number of rotatable bonds is 2. The summed E-state index contributed by atoms with van der Waals surface area (Å²) in [4.78, 5) is 0. The average Bonchev–Trinajstić information content (AvgIpc) is 2.57. The van der Waals surface area contributed by atoms with Gasteiger partial charge in [-0.3, -0.25) is 0 Å². The van der Waals surface area contributed by atoms with Gasteiger partial charge < -0.3 is 5.32 Å². The Morgan fingerprint density at radius 3 is 1.62 bits per heavy atom. The Kier molecular flexibility index (Phi) is 3.52. The zero-order chi connectivity index (χ0) is 14.1. The number of hydrogen-bond donors (Lipinski definition) is 1. The van der Waals surface area contributed by atoms with Gasteiger partial charge in [-0.15, -0.1) is 0 Å². The predicted octanol–water partition coefficient (Wildman–Crippen LogP) is 4.88. The average molecular weight is 277 g/mol. The fraction of sp³-hybridized carbons (Fsp3) is 0.400. The Morgan fingerprint density at radius 1 is 0.667 bits per heavy atom. The zero-order valence-corrected chi connectivity index (χ0v) is 12.4. The van der Waals surface area contributed by atoms with E-state index in [1.165, 1.54) is 36.8 Å². The predicted molar refractivity (Wildman–Crippen MR) is 86.9 cm³/mol. The third-order valence-corrected chi connectivity index (χ3v) is 5.37. The van der Waals surface area contributed by atoms with E-state index in [0.29, 0.717) is 12.1 Å². The highest BCUT2D eigenvalue weighted by atomic mass is 15.0. The van der Waals surface area contributed by atoms with Crippen LogP contribution in [-0.2, 0) is 0 Å². The summed E-state index contributed by atoms with van der Waals surface area (Å²) in [5.41, 5.74) is 2.92. The van der Waals surface area contributed by atoms with Crippen molar-refractivity contribution >= 4 is 0 Å². The van der Waals surface area contributed by atoms with Gasteiger partial charge in [0.2, 0.25) is 0 Å². The maximum Gasteiger partial charge on any atom is 0.0354 e. The SMILES string of the molecule is c1ccc([C@H]2N[C@@H](c3ccccc3)[C@H]3CCC[C@@H]2C3)cc1. The van der Waals surface area contributed by atoms with Crippen molar-refractivity contribution < 1.29 is 0 Å². The number of piperidine rings is 1. The van der Waals surface area contributed by atoms with Gasteiger partial charge in [0, 0.05) is 12.1 Å². The lowest BCUT2D eigenvalue weighted by Crippen LogP contribution is -2.44. The normalized spacial score (nSPS) is 31.8. The van der Waals surface area contributed by atoms with Gasteiger partial charge >= 0.3 is 0 Å². The summed E-state index contributed by atoms with van der Waals surface area (Å²) in [7, 11) is 0. The maximum atomic E-state index is 3.99. The summed E-state index contributed by atoms with van der Waals surface area (Å²) in [6.07, 6.45) is 5.53. The van der Waals surface area contributed by atoms with Gasteiger partial charge in [0.1, 0.15) is 0 Å². The van der Waals surface area contributed by atoms with E-state index in [1.807, 2.05) is 0 Å². The Balaban J connectivity index is 1.66. The first-order valence-electron chi connectivity index (χ1n) is 8.28. The highest BCUT2D eigenvalue weighted by Crippen LogP contribution is 2.47. The molecule has 1 nitrogen and oxygen atoms in total. The molecule has 2 aromatic carbocycles. The number of fused-ring (bicyclic) bond motifs is 2. The molecule has 2 aliphatic rings. The van der Waals surface area contributed by atoms with Crippen LogP contribution in [0, 0.1) is 11.8 Å². The van der Waals surface area contributed by atoms with Crippen LogP contribution in [0.25, 0.3) is 0 Å². The zero-order valence-electron chi connectivity index (χ0n) is 12.4. The monoisotopic (exact) mass is 277 g/mol. The summed E-state index contributed by atoms with van der Waals surface area (Å²) in [6.45, 7) is 0. The van der Waals surface area contributed by atoms with E-state index in [0.717, 1.165) is 11.8 Å². The largest absolute Gasteiger partial charge is 0.303 e. The fourth-order valence-corrected chi connectivity index (χ4v) is 4.40. The van der Waals surface area contributed by atoms with Crippen LogP contribution in [0.2, 0.25) is 0 Å². The smallest absolute Gasteiger partial charge is 0.0354 e. The second-order valence-electron chi connectivity index (χ2n) is 6.63. The van der Waals surface area contributed by atoms with Gasteiger partial charge in [-0.2, -0.15) is 0 Å². The molecule has 21 heavy (non-hydrogen) atoms. The molecule has 2 aromatic rings. The first-order chi connectivity index (χ1) is 10.4. The van der Waals surface area contributed by atoms with E-state index in [2.05, 4.69) is 66.0 Å². The molecule has 0 spiro atoms. The lowest BCUT2D eigenvalue weighted by molar-refractivity contribution is 0.107. The van der Waals surface area contributed by atoms with Gasteiger partial charge in [0.15, 0.2) is 0 Å². The van der Waals surface area contributed by atoms with E-state index in [4.69, 9.17) is 0 Å². The molecule has 1 aliphatic heterocycles. The molecule has 0 unspecified atom stereocenters. The van der Waals surface area contributed by atoms with Crippen molar-refractivity contribution in [1.29, 1.82) is 0 Å². The van der Waals surface area contributed by atoms with Gasteiger partial charge in [-0.1, -0.05) is 67.1 Å². The van der Waals surface area contributed by atoms with Crippen molar-refractivity contribution in [3.05, 3.63) is 71.8 Å². The molecule has 2 fully saturated rings. The Hall–Kier alpha value is -1.60. The molecule has 4 rings (SSSR count). The fourth-order valence-electron chi connectivity index (χ4n) is 4.40. The van der Waals surface area contributed by atoms with Crippen LogP contribution in [0.3, 0.4) is 0 Å². The Bertz CT molecular complexity index is 526. The molecule has 0 radical (unpaired) electrons. The van der Waals surface area contributed by atoms with E-state index in [1.54, 1.807) is 0 Å². The summed E-state index contributed by atoms with van der Waals surface area (Å²) < 4.78 is 0. The molecular formula is C20H23N. The molecule has 1 heterocycles. The van der Waals surface area contributed by atoms with Crippen LogP contribution in [-0.4, -0.2) is 0 Å². The van der Waals surface area contributed by atoms with Crippen molar-refractivity contribution in [3.63, 3.8) is 0 Å². The molecule has 1 heteroatoms. The lowest BCUT2D eigenvalue weighted by Gasteiger charge is -2.46. The minimum Gasteiger partial charge on any atom is -0.303 e. The van der Waals surface area contributed by atoms with Crippen LogP contribution >= 0.6 is 0 Å². The topological polar surface area (TPSA) is 12.0 Å². The van der Waals surface area contributed by atoms with Crippen LogP contribution < -0.4 is 5.32 Å². The Labute approximate surface area is 127 Å². The van der Waals surface area contributed by atoms with Crippen molar-refractivity contribution in [3.8, 4) is 0 Å². The van der Waals surface area contributed by atoms with E-state index in [9.17, 15) is 0 Å². The highest BCUT2D eigenvalue weighted by Gasteiger charge is 2.39. The molecular weight excluding hydrogens is 254 g/mol. The van der Waals surface area contributed by atoms with E-state index >= 15 is 0 Å². The van der Waals surface area contributed by atoms with Crippen LogP contribution in [0.5, 0.6) is 0 Å². The summed E-state index contributed by atoms with van der Waals surface area (Å²) in [5.74, 6) is 1.62. The summed E-state index contributed by atoms with van der Waals surface area (Å²) >= 11 is 0. The molecule has 1 aliphatic carbocycles. The molecule has 0 amide bonds.